The van der Waals surface area contributed by atoms with Gasteiger partial charge in [0.05, 0.1) is 16.4 Å². The number of H-pyrrole nitrogens is 1. The predicted octanol–water partition coefficient (Wildman–Crippen LogP) is -0.164. The van der Waals surface area contributed by atoms with E-state index in [0.29, 0.717) is 0 Å². The molecule has 1 N–H and O–H groups in total. The van der Waals surface area contributed by atoms with Crippen molar-refractivity contribution in [1.82, 2.24) is 9.29 Å². The zero-order valence-electron chi connectivity index (χ0n) is 10.5. The molecule has 0 spiro atoms. The maximum absolute atomic E-state index is 12.3. The molecule has 0 saturated carbocycles. The van der Waals surface area contributed by atoms with E-state index < -0.39 is 31.5 Å². The lowest BCUT2D eigenvalue weighted by Gasteiger charge is -2.22. The molecule has 1 aliphatic heterocycles. The zero-order chi connectivity index (χ0) is 15.1. The average molecular weight is 341 g/mol. The van der Waals surface area contributed by atoms with Crippen LogP contribution in [0.15, 0.2) is 22.0 Å². The zero-order valence-corrected chi connectivity index (χ0v) is 12.9. The van der Waals surface area contributed by atoms with E-state index in [1.54, 1.807) is 0 Å². The summed E-state index contributed by atoms with van der Waals surface area (Å²) >= 11 is 5.61. The van der Waals surface area contributed by atoms with Crippen LogP contribution < -0.4 is 5.56 Å². The number of rotatable bonds is 3. The van der Waals surface area contributed by atoms with Gasteiger partial charge >= 0.3 is 0 Å². The van der Waals surface area contributed by atoms with Crippen LogP contribution in [0.25, 0.3) is 0 Å². The topological polar surface area (TPSA) is 104 Å². The monoisotopic (exact) mass is 340 g/mol. The minimum atomic E-state index is -3.90. The Kier molecular flexibility index (Phi) is 3.98. The summed E-state index contributed by atoms with van der Waals surface area (Å²) in [6.45, 7) is 0. The summed E-state index contributed by atoms with van der Waals surface area (Å²) in [5.41, 5.74) is -0.586. The first-order valence-electron chi connectivity index (χ1n) is 5.70. The fourth-order valence-electron chi connectivity index (χ4n) is 2.01. The fraction of sp³-hybridized carbons (Fsp3) is 0.500. The molecule has 2 heterocycles. The van der Waals surface area contributed by atoms with Crippen LogP contribution in [0.5, 0.6) is 0 Å². The van der Waals surface area contributed by atoms with E-state index in [4.69, 9.17) is 11.6 Å². The first-order chi connectivity index (χ1) is 9.13. The minimum absolute atomic E-state index is 0.0239. The third-order valence-corrected chi connectivity index (χ3v) is 7.15. The van der Waals surface area contributed by atoms with E-state index in [-0.39, 0.29) is 27.8 Å². The molecule has 1 aromatic heterocycles. The van der Waals surface area contributed by atoms with Gasteiger partial charge in [-0.05, 0) is 12.5 Å². The van der Waals surface area contributed by atoms with Crippen LogP contribution in [0, 0.1) is 0 Å². The van der Waals surface area contributed by atoms with Crippen LogP contribution in [0.3, 0.4) is 0 Å². The Morgan fingerprint density at radius 3 is 2.60 bits per heavy atom. The average Bonchev–Trinajstić information content (AvgIpc) is 2.72. The number of halogens is 1. The van der Waals surface area contributed by atoms with Crippen molar-refractivity contribution < 1.29 is 16.8 Å². The van der Waals surface area contributed by atoms with E-state index in [9.17, 15) is 21.6 Å². The lowest BCUT2D eigenvalue weighted by Crippen LogP contribution is -2.38. The fourth-order valence-corrected chi connectivity index (χ4v) is 5.50. The maximum Gasteiger partial charge on any atom is 0.266 e. The molecule has 0 aliphatic carbocycles. The van der Waals surface area contributed by atoms with E-state index in [1.807, 2.05) is 0 Å². The predicted molar refractivity (Wildman–Crippen MR) is 74.1 cm³/mol. The summed E-state index contributed by atoms with van der Waals surface area (Å²) in [4.78, 5) is 13.2. The van der Waals surface area contributed by atoms with Crippen molar-refractivity contribution in [2.75, 3.05) is 18.6 Å². The number of aromatic nitrogens is 1. The highest BCUT2D eigenvalue weighted by atomic mass is 35.5. The molecule has 0 aromatic carbocycles. The summed E-state index contributed by atoms with van der Waals surface area (Å²) in [7, 11) is -5.77. The van der Waals surface area contributed by atoms with Crippen LogP contribution in [0.4, 0.5) is 0 Å². The molecule has 1 atom stereocenters. The van der Waals surface area contributed by atoms with Gasteiger partial charge in [0, 0.05) is 19.3 Å². The second kappa shape index (κ2) is 5.14. The molecule has 1 fully saturated rings. The highest BCUT2D eigenvalue weighted by Crippen LogP contribution is 2.23. The van der Waals surface area contributed by atoms with Crippen molar-refractivity contribution in [3.8, 4) is 0 Å². The second-order valence-corrected chi connectivity index (χ2v) is 9.22. The third kappa shape index (κ3) is 2.90. The quantitative estimate of drug-likeness (QED) is 0.823. The van der Waals surface area contributed by atoms with Crippen LogP contribution in [0.2, 0.25) is 5.02 Å². The molecule has 112 valence electrons. The summed E-state index contributed by atoms with van der Waals surface area (Å²) in [5.74, 6) is -0.219. The lowest BCUT2D eigenvalue weighted by molar-refractivity contribution is 0.393. The molecule has 1 aromatic rings. The molecule has 0 radical (unpaired) electrons. The van der Waals surface area contributed by atoms with Crippen LogP contribution in [-0.2, 0) is 19.9 Å². The van der Waals surface area contributed by atoms with Gasteiger partial charge in [0.15, 0.2) is 9.84 Å². The summed E-state index contributed by atoms with van der Waals surface area (Å²) in [6.07, 6.45) is 1.30. The van der Waals surface area contributed by atoms with Crippen LogP contribution in [-0.4, -0.2) is 50.7 Å². The number of sulfone groups is 1. The lowest BCUT2D eigenvalue weighted by atomic mass is 10.3. The molecule has 7 nitrogen and oxygen atoms in total. The summed E-state index contributed by atoms with van der Waals surface area (Å²) in [5, 5.41) is -0.237. The Morgan fingerprint density at radius 2 is 2.10 bits per heavy atom. The molecule has 0 bridgehead atoms. The van der Waals surface area contributed by atoms with E-state index in [2.05, 4.69) is 4.98 Å². The van der Waals surface area contributed by atoms with Gasteiger partial charge < -0.3 is 4.98 Å². The highest BCUT2D eigenvalue weighted by Gasteiger charge is 2.36. The second-order valence-electron chi connectivity index (χ2n) is 4.59. The van der Waals surface area contributed by atoms with Gasteiger partial charge in [-0.1, -0.05) is 11.6 Å². The van der Waals surface area contributed by atoms with Crippen molar-refractivity contribution in [3.05, 3.63) is 27.6 Å². The van der Waals surface area contributed by atoms with Crippen molar-refractivity contribution in [2.45, 2.75) is 17.4 Å². The molecule has 0 amide bonds. The van der Waals surface area contributed by atoms with Crippen LogP contribution in [0.1, 0.15) is 6.42 Å². The van der Waals surface area contributed by atoms with Crippen molar-refractivity contribution in [2.24, 2.45) is 0 Å². The SMILES string of the molecule is CN(C1CCS(=O)(=O)C1)S(=O)(=O)c1c[nH]c(=O)c(Cl)c1. The van der Waals surface area contributed by atoms with Gasteiger partial charge in [-0.15, -0.1) is 0 Å². The normalized spacial score (nSPS) is 22.2. The van der Waals surface area contributed by atoms with Gasteiger partial charge in [-0.3, -0.25) is 4.79 Å². The van der Waals surface area contributed by atoms with E-state index in [0.717, 1.165) is 16.6 Å². The highest BCUT2D eigenvalue weighted by molar-refractivity contribution is 7.92. The standard InChI is InChI=1S/C10H13ClN2O5S2/c1-13(7-2-3-19(15,16)6-7)20(17,18)8-4-9(11)10(14)12-5-8/h4-5,7H,2-3,6H2,1H3,(H,12,14). The van der Waals surface area contributed by atoms with Crippen molar-refractivity contribution in [1.29, 1.82) is 0 Å². The molecule has 1 aliphatic rings. The summed E-state index contributed by atoms with van der Waals surface area (Å²) < 4.78 is 48.5. The molecular weight excluding hydrogens is 328 g/mol. The number of nitrogens with zero attached hydrogens (tertiary/aromatic N) is 1. The van der Waals surface area contributed by atoms with Gasteiger partial charge in [0.2, 0.25) is 10.0 Å². The number of hydrogen-bond donors (Lipinski definition) is 1. The van der Waals surface area contributed by atoms with Crippen LogP contribution >= 0.6 is 11.6 Å². The molecule has 20 heavy (non-hydrogen) atoms. The first kappa shape index (κ1) is 15.5. The Labute approximate surface area is 121 Å². The molecule has 10 heteroatoms. The maximum atomic E-state index is 12.3. The van der Waals surface area contributed by atoms with Gasteiger partial charge in [0.1, 0.15) is 5.02 Å². The molecule has 1 saturated heterocycles. The Bertz CT molecular complexity index is 784. The Balaban J connectivity index is 2.35. The number of hydrogen-bond acceptors (Lipinski definition) is 5. The Morgan fingerprint density at radius 1 is 1.45 bits per heavy atom. The van der Waals surface area contributed by atoms with Crippen molar-refractivity contribution in [3.63, 3.8) is 0 Å². The molecule has 1 unspecified atom stereocenters. The van der Waals surface area contributed by atoms with Gasteiger partial charge in [-0.25, -0.2) is 16.8 Å². The smallest absolute Gasteiger partial charge is 0.266 e. The van der Waals surface area contributed by atoms with Gasteiger partial charge in [-0.2, -0.15) is 4.31 Å². The number of nitrogens with one attached hydrogen (secondary N) is 1. The minimum Gasteiger partial charge on any atom is -0.326 e. The molecular formula is C10H13ClN2O5S2. The number of sulfonamides is 1. The van der Waals surface area contributed by atoms with E-state index >= 15 is 0 Å². The molecule has 2 rings (SSSR count). The Hall–Kier alpha value is -0.900. The number of aromatic amines is 1. The van der Waals surface area contributed by atoms with Gasteiger partial charge in [0.25, 0.3) is 5.56 Å². The largest absolute Gasteiger partial charge is 0.326 e. The first-order valence-corrected chi connectivity index (χ1v) is 9.34. The number of pyridine rings is 1. The third-order valence-electron chi connectivity index (χ3n) is 3.23. The van der Waals surface area contributed by atoms with E-state index in [1.165, 1.54) is 7.05 Å². The van der Waals surface area contributed by atoms with Crippen molar-refractivity contribution >= 4 is 31.5 Å². The summed E-state index contributed by atoms with van der Waals surface area (Å²) in [6, 6.07) is 0.450.